The lowest BCUT2D eigenvalue weighted by atomic mass is 10.6. The summed E-state index contributed by atoms with van der Waals surface area (Å²) in [6.07, 6.45) is 1.25. The normalized spacial score (nSPS) is 10.6. The number of anilines is 1. The van der Waals surface area contributed by atoms with E-state index in [1.54, 1.807) is 6.92 Å². The predicted octanol–water partition coefficient (Wildman–Crippen LogP) is 1.43. The Bertz CT molecular complexity index is 563. The molecule has 96 valence electrons. The fraction of sp³-hybridized carbons (Fsp3) is 0.444. The molecular formula is C9H12N6O2S. The number of nitro groups is 1. The second kappa shape index (κ2) is 5.08. The van der Waals surface area contributed by atoms with Crippen LogP contribution in [0.2, 0.25) is 0 Å². The minimum Gasteiger partial charge on any atom is -0.360 e. The minimum absolute atomic E-state index is 0.0345. The lowest BCUT2D eigenvalue weighted by Crippen LogP contribution is -2.05. The van der Waals surface area contributed by atoms with Gasteiger partial charge in [-0.1, -0.05) is 11.3 Å². The van der Waals surface area contributed by atoms with Crippen molar-refractivity contribution in [1.29, 1.82) is 0 Å². The van der Waals surface area contributed by atoms with E-state index < -0.39 is 4.92 Å². The summed E-state index contributed by atoms with van der Waals surface area (Å²) >= 11 is 1.38. The molecule has 8 nitrogen and oxygen atoms in total. The van der Waals surface area contributed by atoms with Gasteiger partial charge >= 0.3 is 5.82 Å². The van der Waals surface area contributed by atoms with Crippen LogP contribution in [0.15, 0.2) is 6.20 Å². The van der Waals surface area contributed by atoms with Gasteiger partial charge in [-0.3, -0.25) is 0 Å². The summed E-state index contributed by atoms with van der Waals surface area (Å²) in [5.41, 5.74) is 0. The van der Waals surface area contributed by atoms with Crippen LogP contribution in [0.4, 0.5) is 10.9 Å². The summed E-state index contributed by atoms with van der Waals surface area (Å²) in [6, 6.07) is 0. The zero-order chi connectivity index (χ0) is 13.1. The molecule has 0 aliphatic heterocycles. The van der Waals surface area contributed by atoms with Crippen molar-refractivity contribution < 1.29 is 4.92 Å². The van der Waals surface area contributed by atoms with Crippen LogP contribution in [0.25, 0.3) is 0 Å². The molecule has 2 aromatic rings. The molecule has 18 heavy (non-hydrogen) atoms. The van der Waals surface area contributed by atoms with Crippen molar-refractivity contribution in [2.75, 3.05) is 11.9 Å². The highest BCUT2D eigenvalue weighted by Crippen LogP contribution is 2.20. The smallest absolute Gasteiger partial charge is 0.343 e. The van der Waals surface area contributed by atoms with Crippen LogP contribution >= 0.6 is 11.3 Å². The van der Waals surface area contributed by atoms with E-state index in [4.69, 9.17) is 0 Å². The molecule has 9 heteroatoms. The Kier molecular flexibility index (Phi) is 3.51. The van der Waals surface area contributed by atoms with Crippen LogP contribution in [-0.2, 0) is 6.54 Å². The molecule has 2 rings (SSSR count). The Morgan fingerprint density at radius 2 is 2.33 bits per heavy atom. The Labute approximate surface area is 107 Å². The second-order valence-corrected chi connectivity index (χ2v) is 4.60. The number of nitrogens with zero attached hydrogens (tertiary/aromatic N) is 5. The van der Waals surface area contributed by atoms with Gasteiger partial charge in [-0.2, -0.15) is 0 Å². The number of aryl methyl sites for hydroxylation is 1. The lowest BCUT2D eigenvalue weighted by molar-refractivity contribution is -0.392. The Hall–Kier alpha value is -2.03. The molecule has 0 aromatic carbocycles. The molecule has 0 aliphatic rings. The number of hydrogen-bond acceptors (Lipinski definition) is 7. The first-order valence-corrected chi connectivity index (χ1v) is 6.16. The van der Waals surface area contributed by atoms with Crippen molar-refractivity contribution >= 4 is 22.3 Å². The molecule has 0 unspecified atom stereocenters. The Morgan fingerprint density at radius 1 is 1.56 bits per heavy atom. The van der Waals surface area contributed by atoms with E-state index in [-0.39, 0.29) is 5.82 Å². The average molecular weight is 268 g/mol. The maximum Gasteiger partial charge on any atom is 0.343 e. The fourth-order valence-corrected chi connectivity index (χ4v) is 2.27. The van der Waals surface area contributed by atoms with Gasteiger partial charge in [0.25, 0.3) is 0 Å². The van der Waals surface area contributed by atoms with Crippen LogP contribution in [0.3, 0.4) is 0 Å². The summed E-state index contributed by atoms with van der Waals surface area (Å²) in [5.74, 6) is 0.551. The molecule has 0 saturated carbocycles. The van der Waals surface area contributed by atoms with E-state index in [2.05, 4.69) is 20.5 Å². The van der Waals surface area contributed by atoms with Crippen LogP contribution in [-0.4, -0.2) is 31.2 Å². The van der Waals surface area contributed by atoms with E-state index in [1.165, 1.54) is 22.1 Å². The van der Waals surface area contributed by atoms with Gasteiger partial charge in [0.2, 0.25) is 5.13 Å². The van der Waals surface area contributed by atoms with Crippen molar-refractivity contribution in [3.05, 3.63) is 27.1 Å². The lowest BCUT2D eigenvalue weighted by Gasteiger charge is -1.99. The van der Waals surface area contributed by atoms with Gasteiger partial charge in [0.1, 0.15) is 12.7 Å². The molecule has 2 aromatic heterocycles. The molecular weight excluding hydrogens is 256 g/mol. The first-order valence-electron chi connectivity index (χ1n) is 5.34. The van der Waals surface area contributed by atoms with Gasteiger partial charge in [-0.15, -0.1) is 10.2 Å². The van der Waals surface area contributed by atoms with Crippen LogP contribution in [0, 0.1) is 17.0 Å². The minimum atomic E-state index is -0.452. The highest BCUT2D eigenvalue weighted by Gasteiger charge is 2.19. The molecule has 0 radical (unpaired) electrons. The fourth-order valence-electron chi connectivity index (χ4n) is 1.47. The van der Waals surface area contributed by atoms with Gasteiger partial charge < -0.3 is 15.4 Å². The van der Waals surface area contributed by atoms with Crippen molar-refractivity contribution in [3.63, 3.8) is 0 Å². The van der Waals surface area contributed by atoms with E-state index in [9.17, 15) is 10.1 Å². The van der Waals surface area contributed by atoms with E-state index >= 15 is 0 Å². The zero-order valence-electron chi connectivity index (χ0n) is 9.95. The number of rotatable bonds is 5. The molecule has 0 amide bonds. The summed E-state index contributed by atoms with van der Waals surface area (Å²) in [6.45, 7) is 4.76. The Balaban J connectivity index is 2.22. The first-order chi connectivity index (χ1) is 8.61. The third kappa shape index (κ3) is 2.45. The number of imidazole rings is 1. The molecule has 2 heterocycles. The quantitative estimate of drug-likeness (QED) is 0.650. The number of hydrogen-bond donors (Lipinski definition) is 1. The zero-order valence-corrected chi connectivity index (χ0v) is 10.8. The highest BCUT2D eigenvalue weighted by atomic mass is 32.1. The third-order valence-corrected chi connectivity index (χ3v) is 3.18. The predicted molar refractivity (Wildman–Crippen MR) is 66.8 cm³/mol. The second-order valence-electron chi connectivity index (χ2n) is 3.54. The van der Waals surface area contributed by atoms with Crippen LogP contribution < -0.4 is 5.32 Å². The van der Waals surface area contributed by atoms with Crippen molar-refractivity contribution in [2.45, 2.75) is 20.4 Å². The van der Waals surface area contributed by atoms with Gasteiger partial charge in [-0.25, -0.2) is 9.55 Å². The molecule has 0 atom stereocenters. The van der Waals surface area contributed by atoms with Crippen LogP contribution in [0.5, 0.6) is 0 Å². The average Bonchev–Trinajstić information content (AvgIpc) is 2.89. The van der Waals surface area contributed by atoms with E-state index in [0.717, 1.165) is 6.54 Å². The highest BCUT2D eigenvalue weighted by molar-refractivity contribution is 7.15. The van der Waals surface area contributed by atoms with E-state index in [0.29, 0.717) is 22.5 Å². The van der Waals surface area contributed by atoms with Gasteiger partial charge in [-0.05, 0) is 11.8 Å². The van der Waals surface area contributed by atoms with Gasteiger partial charge in [0.15, 0.2) is 10.8 Å². The van der Waals surface area contributed by atoms with Crippen molar-refractivity contribution in [3.8, 4) is 0 Å². The number of aromatic nitrogens is 4. The largest absolute Gasteiger partial charge is 0.360 e. The summed E-state index contributed by atoms with van der Waals surface area (Å²) < 4.78 is 1.51. The van der Waals surface area contributed by atoms with E-state index in [1.807, 2.05) is 6.92 Å². The van der Waals surface area contributed by atoms with Crippen LogP contribution in [0.1, 0.15) is 17.8 Å². The Morgan fingerprint density at radius 3 is 3.00 bits per heavy atom. The topological polar surface area (TPSA) is 98.8 Å². The van der Waals surface area contributed by atoms with Crippen molar-refractivity contribution in [1.82, 2.24) is 19.7 Å². The molecule has 0 saturated heterocycles. The summed E-state index contributed by atoms with van der Waals surface area (Å²) in [4.78, 5) is 14.3. The maximum atomic E-state index is 10.8. The molecule has 1 N–H and O–H groups in total. The third-order valence-electron chi connectivity index (χ3n) is 2.31. The van der Waals surface area contributed by atoms with Gasteiger partial charge in [0, 0.05) is 13.5 Å². The monoisotopic (exact) mass is 268 g/mol. The maximum absolute atomic E-state index is 10.8. The summed E-state index contributed by atoms with van der Waals surface area (Å²) in [5, 5.41) is 23.2. The van der Waals surface area contributed by atoms with Gasteiger partial charge in [0.05, 0.1) is 0 Å². The standard InChI is InChI=1S/C9H12N6O2S/c1-3-10-9-13-12-7(18-9)5-14-6(2)11-4-8(14)15(16)17/h4H,3,5H2,1-2H3,(H,10,13). The number of nitrogens with one attached hydrogen (secondary N) is 1. The van der Waals surface area contributed by atoms with Crippen molar-refractivity contribution in [2.24, 2.45) is 0 Å². The molecule has 0 fully saturated rings. The molecule has 0 aliphatic carbocycles. The molecule has 0 bridgehead atoms. The first kappa shape index (κ1) is 12.4. The SMILES string of the molecule is CCNc1nnc(Cn2c([N+](=O)[O-])cnc2C)s1. The molecule has 0 spiro atoms. The summed E-state index contributed by atoms with van der Waals surface area (Å²) in [7, 11) is 0.